The van der Waals surface area contributed by atoms with Crippen molar-refractivity contribution in [3.63, 3.8) is 0 Å². The van der Waals surface area contributed by atoms with E-state index in [1.54, 1.807) is 6.92 Å². The average Bonchev–Trinajstić information content (AvgIpc) is 2.64. The minimum atomic E-state index is -2.36. The molecule has 1 aliphatic rings. The van der Waals surface area contributed by atoms with E-state index in [1.807, 2.05) is 4.98 Å². The van der Waals surface area contributed by atoms with Crippen LogP contribution in [0.5, 0.6) is 0 Å². The number of hydrogen-bond acceptors (Lipinski definition) is 6. The third kappa shape index (κ3) is 3.13. The van der Waals surface area contributed by atoms with E-state index in [9.17, 15) is 19.5 Å². The fourth-order valence-corrected chi connectivity index (χ4v) is 2.57. The molecule has 0 radical (unpaired) electrons. The van der Waals surface area contributed by atoms with Crippen molar-refractivity contribution >= 4 is 5.97 Å². The van der Waals surface area contributed by atoms with Crippen LogP contribution in [0.2, 0.25) is 0 Å². The van der Waals surface area contributed by atoms with Crippen LogP contribution in [0.1, 0.15) is 39.8 Å². The van der Waals surface area contributed by atoms with Crippen molar-refractivity contribution in [3.05, 3.63) is 33.1 Å². The van der Waals surface area contributed by atoms with E-state index in [1.165, 1.54) is 6.92 Å². The Morgan fingerprint density at radius 1 is 1.50 bits per heavy atom. The summed E-state index contributed by atoms with van der Waals surface area (Å²) in [7, 11) is 0. The van der Waals surface area contributed by atoms with Crippen molar-refractivity contribution < 1.29 is 23.8 Å². The molecule has 1 aliphatic heterocycles. The summed E-state index contributed by atoms with van der Waals surface area (Å²) >= 11 is 0. The number of rotatable bonds is 5. The Kier molecular flexibility index (Phi) is 4.95. The first-order chi connectivity index (χ1) is 11.1. The summed E-state index contributed by atoms with van der Waals surface area (Å²) in [6, 6.07) is 1.05. The zero-order valence-corrected chi connectivity index (χ0v) is 13.7. The Morgan fingerprint density at radius 3 is 2.75 bits per heavy atom. The molecule has 4 atom stereocenters. The van der Waals surface area contributed by atoms with Gasteiger partial charge in [0.15, 0.2) is 11.9 Å². The molecule has 2 N–H and O–H groups in total. The summed E-state index contributed by atoms with van der Waals surface area (Å²) in [5, 5.41) is 10.5. The molecule has 0 saturated carbocycles. The van der Waals surface area contributed by atoms with Crippen LogP contribution in [0.3, 0.4) is 0 Å². The van der Waals surface area contributed by atoms with Gasteiger partial charge in [0.1, 0.15) is 18.3 Å². The number of aliphatic hydroxyl groups is 1. The Labute approximate surface area is 137 Å². The maximum atomic E-state index is 15.2. The molecule has 1 aromatic rings. The van der Waals surface area contributed by atoms with Crippen molar-refractivity contribution in [2.45, 2.75) is 57.2 Å². The Hall–Kier alpha value is -2.00. The molecule has 2 rings (SSSR count). The van der Waals surface area contributed by atoms with Crippen LogP contribution in [-0.4, -0.2) is 44.6 Å². The third-order valence-electron chi connectivity index (χ3n) is 4.33. The number of H-pyrrole nitrogens is 1. The number of aromatic nitrogens is 2. The van der Waals surface area contributed by atoms with Gasteiger partial charge in [-0.1, -0.05) is 6.92 Å². The van der Waals surface area contributed by atoms with Gasteiger partial charge < -0.3 is 14.6 Å². The van der Waals surface area contributed by atoms with E-state index < -0.39 is 40.8 Å². The lowest BCUT2D eigenvalue weighted by molar-refractivity contribution is -0.153. The van der Waals surface area contributed by atoms with Crippen molar-refractivity contribution in [2.75, 3.05) is 6.61 Å². The molecule has 0 spiro atoms. The number of hydrogen-bond donors (Lipinski definition) is 2. The summed E-state index contributed by atoms with van der Waals surface area (Å²) in [6.45, 7) is 3.76. The van der Waals surface area contributed by atoms with Gasteiger partial charge in [-0.25, -0.2) is 9.18 Å². The second kappa shape index (κ2) is 6.48. The molecule has 9 heteroatoms. The first-order valence-corrected chi connectivity index (χ1v) is 7.65. The van der Waals surface area contributed by atoms with Gasteiger partial charge >= 0.3 is 11.7 Å². The van der Waals surface area contributed by atoms with Crippen molar-refractivity contribution in [1.82, 2.24) is 9.55 Å². The lowest BCUT2D eigenvalue weighted by atomic mass is 9.84. The maximum absolute atomic E-state index is 15.2. The van der Waals surface area contributed by atoms with Crippen LogP contribution in [0, 0.1) is 0 Å². The highest BCUT2D eigenvalue weighted by atomic mass is 19.1. The number of halogens is 1. The van der Waals surface area contributed by atoms with Crippen LogP contribution in [0.25, 0.3) is 0 Å². The van der Waals surface area contributed by atoms with Crippen LogP contribution in [0.15, 0.2) is 21.9 Å². The van der Waals surface area contributed by atoms with Crippen LogP contribution < -0.4 is 11.2 Å². The van der Waals surface area contributed by atoms with Crippen molar-refractivity contribution in [2.24, 2.45) is 0 Å². The standard InChI is InChI=1S/C15H21FN2O6/c1-4-5-11(20)23-8-9-15(3,22)14(2,16)12(24-9)18-7-6-10(19)17-13(18)21/h6-7,9,12,22H,4-5,8H2,1-3H3,(H,17,19,21)/t9-,12+,14+,15-/m1/s1. The molecule has 1 saturated heterocycles. The lowest BCUT2D eigenvalue weighted by Crippen LogP contribution is -2.53. The third-order valence-corrected chi connectivity index (χ3v) is 4.33. The van der Waals surface area contributed by atoms with E-state index in [0.717, 1.165) is 23.8 Å². The zero-order valence-electron chi connectivity index (χ0n) is 13.7. The summed E-state index contributed by atoms with van der Waals surface area (Å²) in [4.78, 5) is 36.5. The van der Waals surface area contributed by atoms with E-state index in [4.69, 9.17) is 9.47 Å². The first kappa shape index (κ1) is 18.3. The highest BCUT2D eigenvalue weighted by molar-refractivity contribution is 5.69. The smallest absolute Gasteiger partial charge is 0.330 e. The van der Waals surface area contributed by atoms with Crippen LogP contribution >= 0.6 is 0 Å². The quantitative estimate of drug-likeness (QED) is 0.741. The highest BCUT2D eigenvalue weighted by Crippen LogP contribution is 2.47. The van der Waals surface area contributed by atoms with Crippen LogP contribution in [-0.2, 0) is 14.3 Å². The second-order valence-corrected chi connectivity index (χ2v) is 6.15. The Morgan fingerprint density at radius 2 is 2.17 bits per heavy atom. The molecular weight excluding hydrogens is 323 g/mol. The predicted molar refractivity (Wildman–Crippen MR) is 81.2 cm³/mol. The molecule has 1 aromatic heterocycles. The Bertz CT molecular complexity index is 723. The minimum absolute atomic E-state index is 0.199. The number of carbonyl (C=O) groups excluding carboxylic acids is 1. The van der Waals surface area contributed by atoms with Gasteiger partial charge in [-0.3, -0.25) is 19.1 Å². The molecule has 24 heavy (non-hydrogen) atoms. The van der Waals surface area contributed by atoms with Crippen molar-refractivity contribution in [1.29, 1.82) is 0 Å². The van der Waals surface area contributed by atoms with Gasteiger partial charge in [-0.05, 0) is 20.3 Å². The molecule has 0 bridgehead atoms. The molecule has 0 amide bonds. The summed E-state index contributed by atoms with van der Waals surface area (Å²) in [5.41, 5.74) is -5.88. The van der Waals surface area contributed by atoms with Gasteiger partial charge in [-0.2, -0.15) is 0 Å². The van der Waals surface area contributed by atoms with Crippen LogP contribution in [0.4, 0.5) is 4.39 Å². The number of esters is 1. The number of aromatic amines is 1. The highest BCUT2D eigenvalue weighted by Gasteiger charge is 2.63. The summed E-state index contributed by atoms with van der Waals surface area (Å²) in [6.07, 6.45) is -0.768. The molecule has 0 aliphatic carbocycles. The molecule has 8 nitrogen and oxygen atoms in total. The van der Waals surface area contributed by atoms with Gasteiger partial charge in [0.05, 0.1) is 0 Å². The minimum Gasteiger partial charge on any atom is -0.463 e. The number of ether oxygens (including phenoxy) is 2. The maximum Gasteiger partial charge on any atom is 0.330 e. The van der Waals surface area contributed by atoms with Gasteiger partial charge in [0.2, 0.25) is 0 Å². The Balaban J connectivity index is 2.27. The van der Waals surface area contributed by atoms with Gasteiger partial charge in [0.25, 0.3) is 5.56 Å². The van der Waals surface area contributed by atoms with E-state index in [0.29, 0.717) is 6.42 Å². The second-order valence-electron chi connectivity index (χ2n) is 6.15. The van der Waals surface area contributed by atoms with Gasteiger partial charge in [0, 0.05) is 18.7 Å². The zero-order chi connectivity index (χ0) is 18.1. The van der Waals surface area contributed by atoms with E-state index in [-0.39, 0.29) is 13.0 Å². The summed E-state index contributed by atoms with van der Waals surface area (Å²) in [5.74, 6) is -0.484. The van der Waals surface area contributed by atoms with E-state index in [2.05, 4.69) is 0 Å². The summed E-state index contributed by atoms with van der Waals surface area (Å²) < 4.78 is 26.5. The number of alkyl halides is 1. The molecule has 0 aromatic carbocycles. The largest absolute Gasteiger partial charge is 0.463 e. The normalized spacial score (nSPS) is 32.7. The molecule has 134 valence electrons. The fraction of sp³-hybridized carbons (Fsp3) is 0.667. The first-order valence-electron chi connectivity index (χ1n) is 7.65. The molecule has 2 heterocycles. The molecule has 1 fully saturated rings. The SMILES string of the molecule is CCCC(=O)OC[C@H]1O[C@H](n2ccc(=O)[nH]c2=O)[C@](C)(F)[C@]1(C)O. The number of carbonyl (C=O) groups is 1. The lowest BCUT2D eigenvalue weighted by Gasteiger charge is -2.32. The predicted octanol–water partition coefficient (Wildman–Crippen LogP) is 0.257. The van der Waals surface area contributed by atoms with Gasteiger partial charge in [-0.15, -0.1) is 0 Å². The van der Waals surface area contributed by atoms with Crippen molar-refractivity contribution in [3.8, 4) is 0 Å². The average molecular weight is 344 g/mol. The number of nitrogens with one attached hydrogen (secondary N) is 1. The monoisotopic (exact) mass is 344 g/mol. The van der Waals surface area contributed by atoms with E-state index >= 15 is 4.39 Å². The molecular formula is C15H21FN2O6. The number of nitrogens with zero attached hydrogens (tertiary/aromatic N) is 1. The fourth-order valence-electron chi connectivity index (χ4n) is 2.57. The molecule has 0 unspecified atom stereocenters. The topological polar surface area (TPSA) is 111 Å².